The van der Waals surface area contributed by atoms with E-state index >= 15 is 0 Å². The summed E-state index contributed by atoms with van der Waals surface area (Å²) in [4.78, 5) is 15.0. The Morgan fingerprint density at radius 1 is 1.24 bits per heavy atom. The largest absolute Gasteiger partial charge is 0.497 e. The summed E-state index contributed by atoms with van der Waals surface area (Å²) in [6.45, 7) is 0. The van der Waals surface area contributed by atoms with Gasteiger partial charge in [-0.1, -0.05) is 5.16 Å². The van der Waals surface area contributed by atoms with Crippen molar-refractivity contribution in [1.82, 2.24) is 10.1 Å². The monoisotopic (exact) mass is 234 g/mol. The second kappa shape index (κ2) is 4.65. The zero-order valence-electron chi connectivity index (χ0n) is 9.34. The Labute approximate surface area is 97.2 Å². The molecule has 17 heavy (non-hydrogen) atoms. The van der Waals surface area contributed by atoms with Crippen molar-refractivity contribution in [3.8, 4) is 17.1 Å². The van der Waals surface area contributed by atoms with Crippen LogP contribution in [0.3, 0.4) is 0 Å². The van der Waals surface area contributed by atoms with E-state index in [-0.39, 0.29) is 5.89 Å². The Morgan fingerprint density at radius 3 is 2.53 bits per heavy atom. The van der Waals surface area contributed by atoms with Crippen LogP contribution in [0, 0.1) is 0 Å². The van der Waals surface area contributed by atoms with E-state index in [0.29, 0.717) is 5.82 Å². The van der Waals surface area contributed by atoms with Gasteiger partial charge in [0.25, 0.3) is 0 Å². The molecule has 0 N–H and O–H groups in total. The van der Waals surface area contributed by atoms with Crippen molar-refractivity contribution in [2.24, 2.45) is 0 Å². The second-order valence-corrected chi connectivity index (χ2v) is 3.14. The van der Waals surface area contributed by atoms with E-state index in [0.717, 1.165) is 11.3 Å². The molecule has 0 aliphatic rings. The fourth-order valence-corrected chi connectivity index (χ4v) is 1.25. The van der Waals surface area contributed by atoms with Crippen LogP contribution in [0.15, 0.2) is 28.8 Å². The van der Waals surface area contributed by atoms with E-state index < -0.39 is 5.97 Å². The average Bonchev–Trinajstić information content (AvgIpc) is 2.87. The molecule has 1 heterocycles. The molecule has 0 atom stereocenters. The number of benzene rings is 1. The Balaban J connectivity index is 2.27. The number of aromatic nitrogens is 2. The van der Waals surface area contributed by atoms with Gasteiger partial charge in [-0.15, -0.1) is 0 Å². The predicted molar refractivity (Wildman–Crippen MR) is 57.6 cm³/mol. The highest BCUT2D eigenvalue weighted by molar-refractivity contribution is 5.84. The van der Waals surface area contributed by atoms with Gasteiger partial charge in [-0.2, -0.15) is 4.98 Å². The first kappa shape index (κ1) is 11.1. The molecule has 6 heteroatoms. The van der Waals surface area contributed by atoms with Gasteiger partial charge in [0.15, 0.2) is 0 Å². The lowest BCUT2D eigenvalue weighted by atomic mass is 10.2. The van der Waals surface area contributed by atoms with Crippen molar-refractivity contribution in [2.45, 2.75) is 0 Å². The molecule has 2 aromatic rings. The first-order chi connectivity index (χ1) is 8.24. The number of ether oxygens (including phenoxy) is 2. The number of hydrogen-bond acceptors (Lipinski definition) is 6. The maximum absolute atomic E-state index is 11.1. The molecule has 0 amide bonds. The first-order valence-electron chi connectivity index (χ1n) is 4.81. The molecule has 0 aliphatic heterocycles. The van der Waals surface area contributed by atoms with Crippen LogP contribution in [0.25, 0.3) is 11.4 Å². The minimum Gasteiger partial charge on any atom is -0.497 e. The summed E-state index contributed by atoms with van der Waals surface area (Å²) in [5, 5.41) is 3.68. The number of carbonyl (C=O) groups excluding carboxylic acids is 1. The van der Waals surface area contributed by atoms with E-state index in [4.69, 9.17) is 9.26 Å². The fourth-order valence-electron chi connectivity index (χ4n) is 1.25. The number of rotatable bonds is 3. The lowest BCUT2D eigenvalue weighted by molar-refractivity contribution is 0.0545. The fraction of sp³-hybridized carbons (Fsp3) is 0.182. The van der Waals surface area contributed by atoms with Gasteiger partial charge in [-0.05, 0) is 24.3 Å². The van der Waals surface area contributed by atoms with Crippen molar-refractivity contribution in [3.63, 3.8) is 0 Å². The third kappa shape index (κ3) is 2.25. The van der Waals surface area contributed by atoms with Gasteiger partial charge >= 0.3 is 11.9 Å². The maximum Gasteiger partial charge on any atom is 0.397 e. The van der Waals surface area contributed by atoms with Crippen LogP contribution in [0.1, 0.15) is 10.7 Å². The lowest BCUT2D eigenvalue weighted by Gasteiger charge is -1.98. The Bertz CT molecular complexity index is 519. The van der Waals surface area contributed by atoms with E-state index in [9.17, 15) is 4.79 Å². The molecule has 0 fully saturated rings. The number of esters is 1. The summed E-state index contributed by atoms with van der Waals surface area (Å²) >= 11 is 0. The molecule has 0 spiro atoms. The highest BCUT2D eigenvalue weighted by atomic mass is 16.6. The molecule has 0 saturated carbocycles. The highest BCUT2D eigenvalue weighted by Crippen LogP contribution is 2.19. The van der Waals surface area contributed by atoms with Crippen LogP contribution in [-0.2, 0) is 4.74 Å². The molecule has 1 aromatic carbocycles. The molecule has 1 aromatic heterocycles. The average molecular weight is 234 g/mol. The first-order valence-corrected chi connectivity index (χ1v) is 4.81. The van der Waals surface area contributed by atoms with Gasteiger partial charge in [0.05, 0.1) is 14.2 Å². The standard InChI is InChI=1S/C11H10N2O4/c1-15-8-5-3-7(4-6-8)9-12-10(17-13-9)11(14)16-2/h3-6H,1-2H3. The normalized spacial score (nSPS) is 10.0. The quantitative estimate of drug-likeness (QED) is 0.750. The highest BCUT2D eigenvalue weighted by Gasteiger charge is 2.16. The molecular weight excluding hydrogens is 224 g/mol. The van der Waals surface area contributed by atoms with E-state index in [1.165, 1.54) is 7.11 Å². The lowest BCUT2D eigenvalue weighted by Crippen LogP contribution is -2.00. The van der Waals surface area contributed by atoms with Crippen LogP contribution in [-0.4, -0.2) is 30.3 Å². The Morgan fingerprint density at radius 2 is 1.94 bits per heavy atom. The molecule has 88 valence electrons. The predicted octanol–water partition coefficient (Wildman–Crippen LogP) is 1.53. The Hall–Kier alpha value is -2.37. The zero-order valence-corrected chi connectivity index (χ0v) is 9.34. The number of carbonyl (C=O) groups is 1. The second-order valence-electron chi connectivity index (χ2n) is 3.14. The summed E-state index contributed by atoms with van der Waals surface area (Å²) in [6.07, 6.45) is 0. The van der Waals surface area contributed by atoms with Crippen molar-refractivity contribution in [3.05, 3.63) is 30.2 Å². The zero-order chi connectivity index (χ0) is 12.3. The summed E-state index contributed by atoms with van der Waals surface area (Å²) in [5.41, 5.74) is 0.727. The third-order valence-corrected chi connectivity index (χ3v) is 2.13. The summed E-state index contributed by atoms with van der Waals surface area (Å²) < 4.78 is 14.3. The van der Waals surface area contributed by atoms with Crippen molar-refractivity contribution < 1.29 is 18.8 Å². The van der Waals surface area contributed by atoms with Crippen LogP contribution in [0.5, 0.6) is 5.75 Å². The molecule has 0 radical (unpaired) electrons. The summed E-state index contributed by atoms with van der Waals surface area (Å²) in [7, 11) is 2.83. The maximum atomic E-state index is 11.1. The third-order valence-electron chi connectivity index (χ3n) is 2.13. The SMILES string of the molecule is COC(=O)c1nc(-c2ccc(OC)cc2)no1. The molecule has 6 nitrogen and oxygen atoms in total. The van der Waals surface area contributed by atoms with Gasteiger partial charge in [-0.25, -0.2) is 4.79 Å². The van der Waals surface area contributed by atoms with E-state index in [1.54, 1.807) is 31.4 Å². The molecule has 0 bridgehead atoms. The van der Waals surface area contributed by atoms with Gasteiger partial charge in [0.2, 0.25) is 5.82 Å². The van der Waals surface area contributed by atoms with E-state index in [1.807, 2.05) is 0 Å². The van der Waals surface area contributed by atoms with Gasteiger partial charge < -0.3 is 14.0 Å². The topological polar surface area (TPSA) is 74.5 Å². The molecule has 0 aliphatic carbocycles. The minimum absolute atomic E-state index is 0.168. The Kier molecular flexibility index (Phi) is 3.04. The van der Waals surface area contributed by atoms with Crippen LogP contribution in [0.4, 0.5) is 0 Å². The van der Waals surface area contributed by atoms with E-state index in [2.05, 4.69) is 14.9 Å². The van der Waals surface area contributed by atoms with Crippen LogP contribution in [0.2, 0.25) is 0 Å². The molecule has 2 rings (SSSR count). The van der Waals surface area contributed by atoms with Crippen molar-refractivity contribution in [2.75, 3.05) is 14.2 Å². The minimum atomic E-state index is -0.655. The molecule has 0 unspecified atom stereocenters. The van der Waals surface area contributed by atoms with Gasteiger partial charge in [0.1, 0.15) is 5.75 Å². The number of methoxy groups -OCH3 is 2. The van der Waals surface area contributed by atoms with Crippen LogP contribution >= 0.6 is 0 Å². The molecular formula is C11H10N2O4. The number of nitrogens with zero attached hydrogens (tertiary/aromatic N) is 2. The smallest absolute Gasteiger partial charge is 0.397 e. The van der Waals surface area contributed by atoms with Crippen molar-refractivity contribution in [1.29, 1.82) is 0 Å². The van der Waals surface area contributed by atoms with Crippen LogP contribution < -0.4 is 4.74 Å². The molecule has 0 saturated heterocycles. The van der Waals surface area contributed by atoms with Gasteiger partial charge in [-0.3, -0.25) is 0 Å². The summed E-state index contributed by atoms with van der Waals surface area (Å²) in [6, 6.07) is 7.07. The van der Waals surface area contributed by atoms with Crippen molar-refractivity contribution >= 4 is 5.97 Å². The van der Waals surface area contributed by atoms with Gasteiger partial charge in [0, 0.05) is 5.56 Å². The summed E-state index contributed by atoms with van der Waals surface area (Å²) in [5.74, 6) is 0.231. The number of hydrogen-bond donors (Lipinski definition) is 0.